The summed E-state index contributed by atoms with van der Waals surface area (Å²) in [5.41, 5.74) is 6.57. The van der Waals surface area contributed by atoms with Crippen molar-refractivity contribution in [2.45, 2.75) is 18.4 Å². The van der Waals surface area contributed by atoms with E-state index in [-0.39, 0.29) is 11.4 Å². The highest BCUT2D eigenvalue weighted by atomic mass is 79.9. The molecule has 1 fully saturated rings. The minimum Gasteiger partial charge on any atom is -0.321 e. The van der Waals surface area contributed by atoms with Gasteiger partial charge in [0.25, 0.3) is 0 Å². The first-order chi connectivity index (χ1) is 5.60. The zero-order chi connectivity index (χ0) is 8.77. The van der Waals surface area contributed by atoms with Crippen LogP contribution in [0.25, 0.3) is 0 Å². The summed E-state index contributed by atoms with van der Waals surface area (Å²) in [6, 6.07) is 4.84. The van der Waals surface area contributed by atoms with Gasteiger partial charge in [-0.25, -0.2) is 4.39 Å². The van der Waals surface area contributed by atoms with E-state index in [1.54, 1.807) is 0 Å². The summed E-state index contributed by atoms with van der Waals surface area (Å²) in [5.74, 6) is -0.226. The van der Waals surface area contributed by atoms with E-state index >= 15 is 0 Å². The maximum absolute atomic E-state index is 12.9. The van der Waals surface area contributed by atoms with Crippen LogP contribution in [0.4, 0.5) is 4.39 Å². The molecule has 1 aliphatic rings. The van der Waals surface area contributed by atoms with Crippen LogP contribution in [0.2, 0.25) is 0 Å². The van der Waals surface area contributed by atoms with E-state index in [0.717, 1.165) is 22.9 Å². The molecule has 2 N–H and O–H groups in total. The minimum absolute atomic E-state index is 0.226. The zero-order valence-electron chi connectivity index (χ0n) is 6.48. The molecule has 0 heterocycles. The van der Waals surface area contributed by atoms with Crippen LogP contribution in [0.1, 0.15) is 18.4 Å². The van der Waals surface area contributed by atoms with Crippen molar-refractivity contribution < 1.29 is 4.39 Å². The second-order valence-corrected chi connectivity index (χ2v) is 4.23. The largest absolute Gasteiger partial charge is 0.321 e. The highest BCUT2D eigenvalue weighted by molar-refractivity contribution is 9.10. The van der Waals surface area contributed by atoms with Crippen molar-refractivity contribution in [2.24, 2.45) is 5.73 Å². The first-order valence-electron chi connectivity index (χ1n) is 3.86. The summed E-state index contributed by atoms with van der Waals surface area (Å²) in [7, 11) is 0. The van der Waals surface area contributed by atoms with Crippen molar-refractivity contribution in [3.63, 3.8) is 0 Å². The lowest BCUT2D eigenvalue weighted by molar-refractivity contribution is 0.617. The third kappa shape index (κ3) is 1.39. The zero-order valence-corrected chi connectivity index (χ0v) is 8.07. The predicted octanol–water partition coefficient (Wildman–Crippen LogP) is 2.54. The number of benzene rings is 1. The minimum atomic E-state index is -0.245. The Labute approximate surface area is 78.9 Å². The molecule has 2 rings (SSSR count). The van der Waals surface area contributed by atoms with Gasteiger partial charge in [0.05, 0.1) is 0 Å². The number of hydrogen-bond donors (Lipinski definition) is 1. The molecule has 64 valence electrons. The SMILES string of the molecule is NC1(c2cc(F)cc(Br)c2)CC1. The highest BCUT2D eigenvalue weighted by Gasteiger charge is 2.40. The summed E-state index contributed by atoms with van der Waals surface area (Å²) in [6.45, 7) is 0. The Morgan fingerprint density at radius 1 is 1.33 bits per heavy atom. The molecule has 0 spiro atoms. The first kappa shape index (κ1) is 8.20. The lowest BCUT2D eigenvalue weighted by atomic mass is 10.1. The van der Waals surface area contributed by atoms with Crippen LogP contribution in [0.15, 0.2) is 22.7 Å². The quantitative estimate of drug-likeness (QED) is 0.788. The van der Waals surface area contributed by atoms with Crippen LogP contribution < -0.4 is 5.73 Å². The fourth-order valence-corrected chi connectivity index (χ4v) is 1.73. The molecule has 1 saturated carbocycles. The third-order valence-electron chi connectivity index (χ3n) is 2.23. The molecule has 1 aromatic carbocycles. The van der Waals surface area contributed by atoms with Crippen molar-refractivity contribution in [1.82, 2.24) is 0 Å². The Morgan fingerprint density at radius 2 is 2.00 bits per heavy atom. The summed E-state index contributed by atoms with van der Waals surface area (Å²) >= 11 is 3.24. The molecular formula is C9H9BrFN. The molecule has 0 aromatic heterocycles. The van der Waals surface area contributed by atoms with E-state index in [0.29, 0.717) is 0 Å². The van der Waals surface area contributed by atoms with Crippen molar-refractivity contribution in [3.8, 4) is 0 Å². The van der Waals surface area contributed by atoms with Crippen molar-refractivity contribution in [1.29, 1.82) is 0 Å². The Bertz CT molecular complexity index is 300. The Hall–Kier alpha value is -0.410. The summed E-state index contributed by atoms with van der Waals surface area (Å²) in [6.07, 6.45) is 1.92. The van der Waals surface area contributed by atoms with Crippen molar-refractivity contribution in [3.05, 3.63) is 34.1 Å². The van der Waals surface area contributed by atoms with Crippen LogP contribution in [0.5, 0.6) is 0 Å². The lowest BCUT2D eigenvalue weighted by Gasteiger charge is -2.09. The molecule has 0 saturated heterocycles. The molecule has 0 atom stereocenters. The van der Waals surface area contributed by atoms with Crippen LogP contribution in [-0.4, -0.2) is 0 Å². The van der Waals surface area contributed by atoms with E-state index in [9.17, 15) is 4.39 Å². The van der Waals surface area contributed by atoms with Gasteiger partial charge in [-0.05, 0) is 36.6 Å². The fourth-order valence-electron chi connectivity index (χ4n) is 1.26. The van der Waals surface area contributed by atoms with Gasteiger partial charge in [-0.1, -0.05) is 15.9 Å². The third-order valence-corrected chi connectivity index (χ3v) is 2.68. The molecule has 0 radical (unpaired) electrons. The average Bonchev–Trinajstić information content (AvgIpc) is 2.67. The molecule has 12 heavy (non-hydrogen) atoms. The average molecular weight is 230 g/mol. The summed E-state index contributed by atoms with van der Waals surface area (Å²) in [4.78, 5) is 0. The molecule has 0 amide bonds. The number of rotatable bonds is 1. The second-order valence-electron chi connectivity index (χ2n) is 3.31. The Kier molecular flexibility index (Phi) is 1.73. The maximum atomic E-state index is 12.9. The van der Waals surface area contributed by atoms with E-state index in [1.165, 1.54) is 12.1 Å². The van der Waals surface area contributed by atoms with Gasteiger partial charge in [-0.2, -0.15) is 0 Å². The van der Waals surface area contributed by atoms with Crippen LogP contribution >= 0.6 is 15.9 Å². The predicted molar refractivity (Wildman–Crippen MR) is 49.2 cm³/mol. The molecule has 0 bridgehead atoms. The van der Waals surface area contributed by atoms with Crippen LogP contribution in [0.3, 0.4) is 0 Å². The molecule has 1 aliphatic carbocycles. The van der Waals surface area contributed by atoms with Crippen LogP contribution in [-0.2, 0) is 5.54 Å². The topological polar surface area (TPSA) is 26.0 Å². The van der Waals surface area contributed by atoms with E-state index in [2.05, 4.69) is 15.9 Å². The summed E-state index contributed by atoms with van der Waals surface area (Å²) < 4.78 is 13.7. The molecule has 0 unspecified atom stereocenters. The Balaban J connectivity index is 2.44. The fraction of sp³-hybridized carbons (Fsp3) is 0.333. The second kappa shape index (κ2) is 2.54. The highest BCUT2D eigenvalue weighted by Crippen LogP contribution is 2.43. The van der Waals surface area contributed by atoms with Gasteiger partial charge >= 0.3 is 0 Å². The van der Waals surface area contributed by atoms with Gasteiger partial charge in [0, 0.05) is 10.0 Å². The molecular weight excluding hydrogens is 221 g/mol. The van der Waals surface area contributed by atoms with E-state index in [1.807, 2.05) is 6.07 Å². The lowest BCUT2D eigenvalue weighted by Crippen LogP contribution is -2.18. The van der Waals surface area contributed by atoms with Gasteiger partial charge in [0.15, 0.2) is 0 Å². The molecule has 1 aromatic rings. The summed E-state index contributed by atoms with van der Waals surface area (Å²) in [5, 5.41) is 0. The van der Waals surface area contributed by atoms with Gasteiger partial charge in [-0.3, -0.25) is 0 Å². The normalized spacial score (nSPS) is 19.2. The molecule has 3 heteroatoms. The standard InChI is InChI=1S/C9H9BrFN/c10-7-3-6(4-8(11)5-7)9(12)1-2-9/h3-5H,1-2,12H2. The van der Waals surface area contributed by atoms with Crippen molar-refractivity contribution in [2.75, 3.05) is 0 Å². The maximum Gasteiger partial charge on any atom is 0.124 e. The molecule has 0 aliphatic heterocycles. The number of nitrogens with two attached hydrogens (primary N) is 1. The molecule has 1 nitrogen and oxygen atoms in total. The first-order valence-corrected chi connectivity index (χ1v) is 4.65. The smallest absolute Gasteiger partial charge is 0.124 e. The Morgan fingerprint density at radius 3 is 2.50 bits per heavy atom. The number of hydrogen-bond acceptors (Lipinski definition) is 1. The van der Waals surface area contributed by atoms with E-state index < -0.39 is 0 Å². The van der Waals surface area contributed by atoms with Gasteiger partial charge in [0.2, 0.25) is 0 Å². The number of halogens is 2. The van der Waals surface area contributed by atoms with E-state index in [4.69, 9.17) is 5.73 Å². The van der Waals surface area contributed by atoms with Crippen molar-refractivity contribution >= 4 is 15.9 Å². The van der Waals surface area contributed by atoms with Crippen LogP contribution in [0, 0.1) is 5.82 Å². The monoisotopic (exact) mass is 229 g/mol. The van der Waals surface area contributed by atoms with Gasteiger partial charge < -0.3 is 5.73 Å². The van der Waals surface area contributed by atoms with Gasteiger partial charge in [0.1, 0.15) is 5.82 Å². The van der Waals surface area contributed by atoms with Gasteiger partial charge in [-0.15, -0.1) is 0 Å².